The van der Waals surface area contributed by atoms with Crippen molar-refractivity contribution >= 4 is 6.09 Å². The molecule has 0 aromatic carbocycles. The van der Waals surface area contributed by atoms with Crippen molar-refractivity contribution in [2.75, 3.05) is 47.6 Å². The van der Waals surface area contributed by atoms with Gasteiger partial charge in [0, 0.05) is 32.8 Å². The number of hydrogen-bond donors (Lipinski definition) is 1. The number of aromatic nitrogens is 2. The number of carbonyl (C=O) groups excluding carboxylic acids is 1. The number of alkyl carbamates (subject to hydrolysis) is 1. The molecule has 0 atom stereocenters. The second-order valence-corrected chi connectivity index (χ2v) is 8.72. The van der Waals surface area contributed by atoms with Gasteiger partial charge in [-0.15, -0.1) is 0 Å². The van der Waals surface area contributed by atoms with E-state index in [4.69, 9.17) is 19.3 Å². The van der Waals surface area contributed by atoms with Crippen molar-refractivity contribution in [1.82, 2.24) is 20.0 Å². The number of likely N-dealkylation sites (N-methyl/N-ethyl adjacent to an activating group) is 1. The van der Waals surface area contributed by atoms with E-state index in [1.54, 1.807) is 14.2 Å². The molecule has 8 nitrogen and oxygen atoms in total. The average molecular weight is 409 g/mol. The fourth-order valence-corrected chi connectivity index (χ4v) is 4.61. The van der Waals surface area contributed by atoms with E-state index in [1.165, 1.54) is 24.1 Å². The van der Waals surface area contributed by atoms with Crippen molar-refractivity contribution in [2.24, 2.45) is 5.41 Å². The Hall–Kier alpha value is -1.64. The van der Waals surface area contributed by atoms with Gasteiger partial charge in [-0.05, 0) is 44.1 Å². The highest BCUT2D eigenvalue weighted by Gasteiger charge is 2.35. The van der Waals surface area contributed by atoms with Gasteiger partial charge in [0.25, 0.3) is 0 Å². The van der Waals surface area contributed by atoms with Gasteiger partial charge in [-0.25, -0.2) is 4.79 Å². The summed E-state index contributed by atoms with van der Waals surface area (Å²) in [7, 11) is 5.41. The van der Waals surface area contributed by atoms with Crippen molar-refractivity contribution in [1.29, 1.82) is 0 Å². The summed E-state index contributed by atoms with van der Waals surface area (Å²) in [6.07, 6.45) is 4.28. The summed E-state index contributed by atoms with van der Waals surface area (Å²) in [4.78, 5) is 13.4. The van der Waals surface area contributed by atoms with Crippen LogP contribution in [0.25, 0.3) is 0 Å². The zero-order valence-electron chi connectivity index (χ0n) is 18.3. The number of carbonyl (C=O) groups is 1. The van der Waals surface area contributed by atoms with Crippen LogP contribution in [0.4, 0.5) is 4.79 Å². The lowest BCUT2D eigenvalue weighted by Gasteiger charge is -2.37. The molecule has 1 aliphatic carbocycles. The van der Waals surface area contributed by atoms with Crippen LogP contribution in [-0.4, -0.2) is 68.3 Å². The molecule has 1 aliphatic heterocycles. The van der Waals surface area contributed by atoms with Crippen LogP contribution < -0.4 is 5.32 Å². The van der Waals surface area contributed by atoms with Crippen molar-refractivity contribution in [3.8, 4) is 0 Å². The van der Waals surface area contributed by atoms with Crippen molar-refractivity contribution in [2.45, 2.75) is 58.2 Å². The van der Waals surface area contributed by atoms with Gasteiger partial charge in [0.05, 0.1) is 37.8 Å². The van der Waals surface area contributed by atoms with Gasteiger partial charge in [0.2, 0.25) is 0 Å². The molecule has 8 heteroatoms. The molecule has 1 amide bonds. The molecule has 1 saturated carbocycles. The molecule has 2 heterocycles. The SMILES string of the molecule is CNC(=O)OCCN(C)Cc1nn2c(c1C1CCC(C)(COC)CC1)COCC2. The Labute approximate surface area is 173 Å². The lowest BCUT2D eigenvalue weighted by molar-refractivity contribution is 0.0566. The number of amides is 1. The van der Waals surface area contributed by atoms with E-state index in [1.807, 2.05) is 7.05 Å². The minimum atomic E-state index is -0.394. The summed E-state index contributed by atoms with van der Waals surface area (Å²) < 4.78 is 18.5. The molecule has 164 valence electrons. The maximum Gasteiger partial charge on any atom is 0.406 e. The molecular formula is C21H36N4O4. The second kappa shape index (κ2) is 9.91. The number of methoxy groups -OCH3 is 1. The number of nitrogens with one attached hydrogen (secondary N) is 1. The smallest absolute Gasteiger partial charge is 0.406 e. The highest BCUT2D eigenvalue weighted by atomic mass is 16.5. The van der Waals surface area contributed by atoms with Gasteiger partial charge in [0.1, 0.15) is 6.61 Å². The maximum atomic E-state index is 11.3. The standard InChI is InChI=1S/C21H36N4O4/c1-21(15-27-4)7-5-16(6-8-21)19-17(23-25-10-11-28-14-18(19)25)13-24(3)9-12-29-20(26)22-2/h16H,5-15H2,1-4H3,(H,22,26). The van der Waals surface area contributed by atoms with Crippen LogP contribution >= 0.6 is 0 Å². The Kier molecular flexibility index (Phi) is 7.54. The molecule has 29 heavy (non-hydrogen) atoms. The minimum absolute atomic E-state index is 0.281. The minimum Gasteiger partial charge on any atom is -0.448 e. The molecule has 0 spiro atoms. The van der Waals surface area contributed by atoms with Gasteiger partial charge >= 0.3 is 6.09 Å². The van der Waals surface area contributed by atoms with Crippen LogP contribution in [0.5, 0.6) is 0 Å². The van der Waals surface area contributed by atoms with E-state index in [2.05, 4.69) is 21.8 Å². The number of rotatable bonds is 8. The van der Waals surface area contributed by atoms with Crippen LogP contribution in [0.1, 0.15) is 55.5 Å². The molecule has 0 bridgehead atoms. The average Bonchev–Trinajstić information content (AvgIpc) is 3.06. The molecule has 1 aromatic heterocycles. The predicted octanol–water partition coefficient (Wildman–Crippen LogP) is 2.51. The topological polar surface area (TPSA) is 77.9 Å². The van der Waals surface area contributed by atoms with E-state index in [0.717, 1.165) is 44.8 Å². The van der Waals surface area contributed by atoms with E-state index in [9.17, 15) is 4.79 Å². The zero-order chi connectivity index (χ0) is 20.9. The lowest BCUT2D eigenvalue weighted by atomic mass is 9.70. The van der Waals surface area contributed by atoms with Gasteiger partial charge in [-0.3, -0.25) is 9.58 Å². The Balaban J connectivity index is 1.69. The third kappa shape index (κ3) is 5.49. The van der Waals surface area contributed by atoms with Crippen LogP contribution in [0, 0.1) is 5.41 Å². The van der Waals surface area contributed by atoms with Crippen molar-refractivity contribution in [3.05, 3.63) is 17.0 Å². The summed E-state index contributed by atoms with van der Waals surface area (Å²) in [6.45, 7) is 7.14. The predicted molar refractivity (Wildman–Crippen MR) is 110 cm³/mol. The molecule has 0 unspecified atom stereocenters. The van der Waals surface area contributed by atoms with E-state index in [-0.39, 0.29) is 5.41 Å². The summed E-state index contributed by atoms with van der Waals surface area (Å²) in [5.41, 5.74) is 4.07. The first-order valence-electron chi connectivity index (χ1n) is 10.6. The molecule has 1 N–H and O–H groups in total. The molecule has 2 aliphatic rings. The van der Waals surface area contributed by atoms with E-state index < -0.39 is 6.09 Å². The van der Waals surface area contributed by atoms with Crippen molar-refractivity contribution < 1.29 is 19.0 Å². The molecule has 1 aromatic rings. The molecule has 0 radical (unpaired) electrons. The first-order valence-corrected chi connectivity index (χ1v) is 10.6. The van der Waals surface area contributed by atoms with E-state index in [0.29, 0.717) is 25.7 Å². The third-order valence-corrected chi connectivity index (χ3v) is 6.28. The van der Waals surface area contributed by atoms with Crippen LogP contribution in [0.2, 0.25) is 0 Å². The normalized spacial score (nSPS) is 24.4. The lowest BCUT2D eigenvalue weighted by Crippen LogP contribution is -2.29. The van der Waals surface area contributed by atoms with Crippen LogP contribution in [0.15, 0.2) is 0 Å². The van der Waals surface area contributed by atoms with Crippen LogP contribution in [-0.2, 0) is 33.9 Å². The molecule has 0 saturated heterocycles. The largest absolute Gasteiger partial charge is 0.448 e. The van der Waals surface area contributed by atoms with Crippen molar-refractivity contribution in [3.63, 3.8) is 0 Å². The summed E-state index contributed by atoms with van der Waals surface area (Å²) in [5, 5.41) is 7.42. The van der Waals surface area contributed by atoms with Gasteiger partial charge in [-0.2, -0.15) is 5.10 Å². The Bertz CT molecular complexity index is 682. The highest BCUT2D eigenvalue weighted by molar-refractivity contribution is 5.66. The fraction of sp³-hybridized carbons (Fsp3) is 0.810. The third-order valence-electron chi connectivity index (χ3n) is 6.28. The van der Waals surface area contributed by atoms with Gasteiger partial charge < -0.3 is 19.5 Å². The van der Waals surface area contributed by atoms with E-state index >= 15 is 0 Å². The second-order valence-electron chi connectivity index (χ2n) is 8.72. The number of fused-ring (bicyclic) bond motifs is 1. The zero-order valence-corrected chi connectivity index (χ0v) is 18.3. The quantitative estimate of drug-likeness (QED) is 0.712. The number of ether oxygens (including phenoxy) is 3. The Morgan fingerprint density at radius 3 is 2.86 bits per heavy atom. The number of nitrogens with zero attached hydrogens (tertiary/aromatic N) is 3. The van der Waals surface area contributed by atoms with Gasteiger partial charge in [-0.1, -0.05) is 6.92 Å². The monoisotopic (exact) mass is 408 g/mol. The summed E-state index contributed by atoms with van der Waals surface area (Å²) in [5.74, 6) is 0.524. The number of hydrogen-bond acceptors (Lipinski definition) is 6. The summed E-state index contributed by atoms with van der Waals surface area (Å²) in [6, 6.07) is 0. The fourth-order valence-electron chi connectivity index (χ4n) is 4.61. The molecule has 1 fully saturated rings. The first-order chi connectivity index (χ1) is 14.0. The summed E-state index contributed by atoms with van der Waals surface area (Å²) >= 11 is 0. The Morgan fingerprint density at radius 2 is 2.17 bits per heavy atom. The van der Waals surface area contributed by atoms with Gasteiger partial charge in [0.15, 0.2) is 0 Å². The molecule has 3 rings (SSSR count). The maximum absolute atomic E-state index is 11.3. The molecular weight excluding hydrogens is 372 g/mol. The Morgan fingerprint density at radius 1 is 1.41 bits per heavy atom. The first kappa shape index (κ1) is 22.1. The highest BCUT2D eigenvalue weighted by Crippen LogP contribution is 2.45. The van der Waals surface area contributed by atoms with Crippen LogP contribution in [0.3, 0.4) is 0 Å².